The molecule has 1 aliphatic heterocycles. The van der Waals surface area contributed by atoms with Crippen LogP contribution in [0.2, 0.25) is 0 Å². The number of nitrogens with one attached hydrogen (secondary N) is 2. The van der Waals surface area contributed by atoms with Crippen molar-refractivity contribution in [3.8, 4) is 0 Å². The lowest BCUT2D eigenvalue weighted by molar-refractivity contribution is -0.146. The molecule has 1 aromatic rings. The van der Waals surface area contributed by atoms with Crippen LogP contribution in [-0.2, 0) is 14.3 Å². The summed E-state index contributed by atoms with van der Waals surface area (Å²) in [5, 5.41) is 5.92. The Hall–Kier alpha value is -2.41. The number of morpholine rings is 1. The van der Waals surface area contributed by atoms with Crippen LogP contribution in [0, 0.1) is 23.2 Å². The summed E-state index contributed by atoms with van der Waals surface area (Å²) in [4.78, 5) is 39.9. The normalized spacial score (nSPS) is 30.8. The van der Waals surface area contributed by atoms with E-state index in [4.69, 9.17) is 4.74 Å². The number of rotatable bonds is 6. The second kappa shape index (κ2) is 8.85. The van der Waals surface area contributed by atoms with Crippen LogP contribution in [0.1, 0.15) is 55.3 Å². The highest BCUT2D eigenvalue weighted by Gasteiger charge is 2.54. The Morgan fingerprint density at radius 1 is 1.00 bits per heavy atom. The molecule has 1 saturated heterocycles. The van der Waals surface area contributed by atoms with Crippen molar-refractivity contribution in [3.05, 3.63) is 29.8 Å². The van der Waals surface area contributed by atoms with Gasteiger partial charge in [0, 0.05) is 42.7 Å². The van der Waals surface area contributed by atoms with Crippen molar-refractivity contribution in [2.75, 3.05) is 38.2 Å². The lowest BCUT2D eigenvalue weighted by Gasteiger charge is -2.55. The Morgan fingerprint density at radius 2 is 1.66 bits per heavy atom. The van der Waals surface area contributed by atoms with Gasteiger partial charge in [-0.25, -0.2) is 0 Å². The first-order valence-corrected chi connectivity index (χ1v) is 12.1. The molecule has 0 unspecified atom stereocenters. The number of carbonyl (C=O) groups is 3. The first-order valence-electron chi connectivity index (χ1n) is 12.1. The van der Waals surface area contributed by atoms with E-state index >= 15 is 0 Å². The molecule has 32 heavy (non-hydrogen) atoms. The highest BCUT2D eigenvalue weighted by atomic mass is 16.5. The Bertz CT molecular complexity index is 858. The van der Waals surface area contributed by atoms with Gasteiger partial charge in [0.15, 0.2) is 0 Å². The third-order valence-electron chi connectivity index (χ3n) is 7.85. The second-order valence-corrected chi connectivity index (χ2v) is 10.2. The molecule has 1 heterocycles. The predicted molar refractivity (Wildman–Crippen MR) is 120 cm³/mol. The maximum atomic E-state index is 13.0. The van der Waals surface area contributed by atoms with Crippen LogP contribution in [0.4, 0.5) is 5.69 Å². The first kappa shape index (κ1) is 21.4. The minimum absolute atomic E-state index is 0.0489. The molecule has 0 radical (unpaired) electrons. The van der Waals surface area contributed by atoms with Gasteiger partial charge in [-0.3, -0.25) is 14.4 Å². The quantitative estimate of drug-likeness (QED) is 0.714. The Balaban J connectivity index is 1.11. The van der Waals surface area contributed by atoms with Crippen LogP contribution in [0.25, 0.3) is 0 Å². The molecule has 4 saturated carbocycles. The molecule has 0 aromatic heterocycles. The molecule has 0 atom stereocenters. The number of ether oxygens (including phenoxy) is 1. The summed E-state index contributed by atoms with van der Waals surface area (Å²) in [7, 11) is 0. The second-order valence-electron chi connectivity index (χ2n) is 10.2. The summed E-state index contributed by atoms with van der Waals surface area (Å²) < 4.78 is 5.30. The van der Waals surface area contributed by atoms with E-state index in [1.165, 1.54) is 19.3 Å². The molecule has 7 heteroatoms. The molecule has 1 aromatic carbocycles. The first-order chi connectivity index (χ1) is 15.5. The van der Waals surface area contributed by atoms with Crippen molar-refractivity contribution in [2.24, 2.45) is 23.2 Å². The molecule has 4 bridgehead atoms. The number of benzene rings is 1. The van der Waals surface area contributed by atoms with Crippen molar-refractivity contribution in [1.82, 2.24) is 10.2 Å². The van der Waals surface area contributed by atoms with Gasteiger partial charge < -0.3 is 20.3 Å². The molecule has 4 aliphatic carbocycles. The van der Waals surface area contributed by atoms with E-state index in [2.05, 4.69) is 10.6 Å². The molecule has 2 N–H and O–H groups in total. The van der Waals surface area contributed by atoms with Gasteiger partial charge in [-0.2, -0.15) is 0 Å². The summed E-state index contributed by atoms with van der Waals surface area (Å²) >= 11 is 0. The molecular weight excluding hydrogens is 406 g/mol. The van der Waals surface area contributed by atoms with Crippen molar-refractivity contribution in [2.45, 2.75) is 44.9 Å². The number of carbonyl (C=O) groups excluding carboxylic acids is 3. The molecule has 172 valence electrons. The van der Waals surface area contributed by atoms with Crippen LogP contribution in [0.5, 0.6) is 0 Å². The van der Waals surface area contributed by atoms with Crippen molar-refractivity contribution < 1.29 is 19.1 Å². The third-order valence-corrected chi connectivity index (χ3v) is 7.85. The number of anilines is 1. The van der Waals surface area contributed by atoms with Gasteiger partial charge in [0.05, 0.1) is 13.2 Å². The zero-order valence-corrected chi connectivity index (χ0v) is 18.6. The zero-order chi connectivity index (χ0) is 22.1. The molecule has 7 nitrogen and oxygen atoms in total. The van der Waals surface area contributed by atoms with Crippen LogP contribution in [0.15, 0.2) is 24.3 Å². The van der Waals surface area contributed by atoms with E-state index < -0.39 is 0 Å². The Kier molecular flexibility index (Phi) is 5.93. The summed E-state index contributed by atoms with van der Waals surface area (Å²) in [6.45, 7) is 2.62. The topological polar surface area (TPSA) is 87.7 Å². The monoisotopic (exact) mass is 439 g/mol. The van der Waals surface area contributed by atoms with E-state index in [0.29, 0.717) is 44.1 Å². The van der Waals surface area contributed by atoms with Gasteiger partial charge in [-0.15, -0.1) is 0 Å². The summed E-state index contributed by atoms with van der Waals surface area (Å²) in [5.41, 5.74) is 0.973. The van der Waals surface area contributed by atoms with Crippen LogP contribution in [0.3, 0.4) is 0 Å². The third kappa shape index (κ3) is 4.40. The standard InChI is InChI=1S/C25H33N3O4/c29-22(27-21-3-1-2-20(13-21)23(30)28-6-8-32-9-7-28)4-5-26-24(31)25-14-17-10-18(15-25)12-19(11-17)16-25/h1-3,13,17-19H,4-12,14-16H2,(H,26,31)(H,27,29). The molecular formula is C25H33N3O4. The van der Waals surface area contributed by atoms with Gasteiger partial charge in [0.1, 0.15) is 0 Å². The number of hydrogen-bond acceptors (Lipinski definition) is 4. The van der Waals surface area contributed by atoms with Crippen molar-refractivity contribution >= 4 is 23.4 Å². The number of hydrogen-bond donors (Lipinski definition) is 2. The van der Waals surface area contributed by atoms with E-state index in [9.17, 15) is 14.4 Å². The smallest absolute Gasteiger partial charge is 0.254 e. The number of nitrogens with zero attached hydrogens (tertiary/aromatic N) is 1. The Labute approximate surface area is 189 Å². The Morgan fingerprint density at radius 3 is 2.31 bits per heavy atom. The minimum Gasteiger partial charge on any atom is -0.378 e. The van der Waals surface area contributed by atoms with E-state index in [1.807, 2.05) is 0 Å². The molecule has 5 aliphatic rings. The largest absolute Gasteiger partial charge is 0.378 e. The molecule has 0 spiro atoms. The van der Waals surface area contributed by atoms with Gasteiger partial charge >= 0.3 is 0 Å². The lowest BCUT2D eigenvalue weighted by atomic mass is 9.49. The van der Waals surface area contributed by atoms with E-state index in [0.717, 1.165) is 37.0 Å². The zero-order valence-electron chi connectivity index (χ0n) is 18.6. The average molecular weight is 440 g/mol. The summed E-state index contributed by atoms with van der Waals surface area (Å²) in [6, 6.07) is 7.03. The van der Waals surface area contributed by atoms with Crippen LogP contribution in [-0.4, -0.2) is 55.5 Å². The van der Waals surface area contributed by atoms with Gasteiger partial charge in [-0.05, 0) is 74.5 Å². The van der Waals surface area contributed by atoms with Gasteiger partial charge in [-0.1, -0.05) is 6.07 Å². The fourth-order valence-corrected chi connectivity index (χ4v) is 6.77. The van der Waals surface area contributed by atoms with Gasteiger partial charge in [0.25, 0.3) is 5.91 Å². The minimum atomic E-state index is -0.181. The summed E-state index contributed by atoms with van der Waals surface area (Å²) in [6.07, 6.45) is 7.23. The van der Waals surface area contributed by atoms with Gasteiger partial charge in [0.2, 0.25) is 11.8 Å². The molecule has 3 amide bonds. The fraction of sp³-hybridized carbons (Fsp3) is 0.640. The van der Waals surface area contributed by atoms with Crippen LogP contribution >= 0.6 is 0 Å². The average Bonchev–Trinajstić information content (AvgIpc) is 2.78. The lowest BCUT2D eigenvalue weighted by Crippen LogP contribution is -2.53. The highest BCUT2D eigenvalue weighted by molar-refractivity contribution is 5.97. The van der Waals surface area contributed by atoms with Crippen molar-refractivity contribution in [1.29, 1.82) is 0 Å². The predicted octanol–water partition coefficient (Wildman–Crippen LogP) is 2.82. The highest BCUT2D eigenvalue weighted by Crippen LogP contribution is 2.60. The maximum Gasteiger partial charge on any atom is 0.254 e. The maximum absolute atomic E-state index is 13.0. The van der Waals surface area contributed by atoms with E-state index in [-0.39, 0.29) is 29.6 Å². The van der Waals surface area contributed by atoms with E-state index in [1.54, 1.807) is 29.2 Å². The molecule has 5 fully saturated rings. The fourth-order valence-electron chi connectivity index (χ4n) is 6.77. The molecule has 6 rings (SSSR count). The van der Waals surface area contributed by atoms with Crippen LogP contribution < -0.4 is 10.6 Å². The summed E-state index contributed by atoms with van der Waals surface area (Å²) in [5.74, 6) is 2.12. The van der Waals surface area contributed by atoms with Crippen molar-refractivity contribution in [3.63, 3.8) is 0 Å². The number of amides is 3. The SMILES string of the molecule is O=C(CCNC(=O)C12CC3CC(CC(C3)C1)C2)Nc1cccc(C(=O)N2CCOCC2)c1.